The molecule has 0 saturated carbocycles. The number of carbonyl (C=O) groups is 1. The van der Waals surface area contributed by atoms with Crippen LogP contribution in [0.3, 0.4) is 0 Å². The molecular weight excluding hydrogens is 342 g/mol. The summed E-state index contributed by atoms with van der Waals surface area (Å²) in [5, 5.41) is 3.09. The molecule has 27 heavy (non-hydrogen) atoms. The third kappa shape index (κ3) is 2.64. The van der Waals surface area contributed by atoms with Crippen LogP contribution in [0, 0.1) is 25.7 Å². The Labute approximate surface area is 158 Å². The number of anilines is 1. The van der Waals surface area contributed by atoms with Crippen LogP contribution in [-0.2, 0) is 4.74 Å². The molecule has 0 radical (unpaired) electrons. The summed E-state index contributed by atoms with van der Waals surface area (Å²) in [5.74, 6) is 1.69. The van der Waals surface area contributed by atoms with Gasteiger partial charge in [0.1, 0.15) is 11.5 Å². The zero-order valence-corrected chi connectivity index (χ0v) is 15.7. The number of nitrogens with one attached hydrogen (secondary N) is 2. The van der Waals surface area contributed by atoms with Crippen LogP contribution < -0.4 is 10.2 Å². The van der Waals surface area contributed by atoms with Crippen LogP contribution in [0.25, 0.3) is 0 Å². The molecule has 3 saturated heterocycles. The van der Waals surface area contributed by atoms with Gasteiger partial charge in [0.2, 0.25) is 0 Å². The number of aromatic nitrogens is 3. The van der Waals surface area contributed by atoms with Crippen LogP contribution in [-0.4, -0.2) is 52.2 Å². The first-order valence-corrected chi connectivity index (χ1v) is 9.70. The van der Waals surface area contributed by atoms with E-state index in [4.69, 9.17) is 9.72 Å². The molecule has 5 heterocycles. The van der Waals surface area contributed by atoms with Crippen molar-refractivity contribution in [3.8, 4) is 0 Å². The summed E-state index contributed by atoms with van der Waals surface area (Å²) >= 11 is 0. The molecule has 2 N–H and O–H groups in total. The highest BCUT2D eigenvalue weighted by atomic mass is 16.5. The van der Waals surface area contributed by atoms with Gasteiger partial charge in [-0.05, 0) is 38.8 Å². The Balaban J connectivity index is 1.31. The van der Waals surface area contributed by atoms with E-state index in [1.165, 1.54) is 0 Å². The maximum Gasteiger partial charge on any atom is 0.271 e. The lowest BCUT2D eigenvalue weighted by Crippen LogP contribution is -2.42. The Morgan fingerprint density at radius 2 is 2.33 bits per heavy atom. The first kappa shape index (κ1) is 16.7. The van der Waals surface area contributed by atoms with Gasteiger partial charge in [0.05, 0.1) is 18.0 Å². The normalized spacial score (nSPS) is 31.3. The highest BCUT2D eigenvalue weighted by Gasteiger charge is 2.63. The summed E-state index contributed by atoms with van der Waals surface area (Å²) in [7, 11) is 0. The Morgan fingerprint density at radius 1 is 1.44 bits per heavy atom. The molecule has 0 aromatic carbocycles. The van der Waals surface area contributed by atoms with Crippen molar-refractivity contribution in [2.45, 2.75) is 38.4 Å². The van der Waals surface area contributed by atoms with Crippen molar-refractivity contribution in [1.82, 2.24) is 20.3 Å². The molecule has 7 nitrogen and oxygen atoms in total. The number of ether oxygens (including phenoxy) is 1. The minimum absolute atomic E-state index is 0.0757. The SMILES string of the molecule is Cc1cccc(N2C[C@@H]3[C@H](CNC(=O)c4nc[nH]c4C)[C@H]4CC[C@]3(C2)O4)n1. The zero-order valence-electron chi connectivity index (χ0n) is 15.7. The molecule has 5 rings (SSSR count). The van der Waals surface area contributed by atoms with Gasteiger partial charge < -0.3 is 19.9 Å². The first-order valence-electron chi connectivity index (χ1n) is 9.70. The second-order valence-corrected chi connectivity index (χ2v) is 8.13. The number of fused-ring (bicyclic) bond motifs is 1. The molecule has 3 fully saturated rings. The van der Waals surface area contributed by atoms with Crippen LogP contribution >= 0.6 is 0 Å². The van der Waals surface area contributed by atoms with Gasteiger partial charge in [0, 0.05) is 42.9 Å². The van der Waals surface area contributed by atoms with Crippen molar-refractivity contribution in [2.24, 2.45) is 11.8 Å². The van der Waals surface area contributed by atoms with E-state index in [1.807, 2.05) is 19.9 Å². The predicted octanol–water partition coefficient (Wildman–Crippen LogP) is 1.84. The molecule has 1 spiro atoms. The number of aryl methyl sites for hydroxylation is 2. The molecule has 0 unspecified atom stereocenters. The highest BCUT2D eigenvalue weighted by molar-refractivity contribution is 5.93. The maximum atomic E-state index is 12.4. The summed E-state index contributed by atoms with van der Waals surface area (Å²) in [6.45, 7) is 6.36. The molecular formula is C20H25N5O2. The molecule has 2 aromatic heterocycles. The monoisotopic (exact) mass is 367 g/mol. The number of carbonyl (C=O) groups excluding carboxylic acids is 1. The molecule has 4 atom stereocenters. The third-order valence-electron chi connectivity index (χ3n) is 6.52. The fourth-order valence-electron chi connectivity index (χ4n) is 5.22. The number of nitrogens with zero attached hydrogens (tertiary/aromatic N) is 3. The minimum Gasteiger partial charge on any atom is -0.369 e. The van der Waals surface area contributed by atoms with E-state index in [2.05, 4.69) is 32.3 Å². The number of pyridine rings is 1. The van der Waals surface area contributed by atoms with Crippen LogP contribution in [0.5, 0.6) is 0 Å². The maximum absolute atomic E-state index is 12.4. The largest absolute Gasteiger partial charge is 0.369 e. The van der Waals surface area contributed by atoms with Gasteiger partial charge in [0.25, 0.3) is 5.91 Å². The molecule has 7 heteroatoms. The van der Waals surface area contributed by atoms with Crippen LogP contribution in [0.4, 0.5) is 5.82 Å². The average Bonchev–Trinajstić information content (AvgIpc) is 3.39. The summed E-state index contributed by atoms with van der Waals surface area (Å²) < 4.78 is 6.48. The van der Waals surface area contributed by atoms with Crippen LogP contribution in [0.15, 0.2) is 24.5 Å². The number of amides is 1. The molecule has 2 bridgehead atoms. The second-order valence-electron chi connectivity index (χ2n) is 8.13. The Kier molecular flexibility index (Phi) is 3.75. The first-order chi connectivity index (χ1) is 13.1. The lowest BCUT2D eigenvalue weighted by molar-refractivity contribution is 0.0141. The van der Waals surface area contributed by atoms with Gasteiger partial charge >= 0.3 is 0 Å². The van der Waals surface area contributed by atoms with Crippen molar-refractivity contribution in [3.05, 3.63) is 41.6 Å². The molecule has 3 aliphatic rings. The quantitative estimate of drug-likeness (QED) is 0.862. The van der Waals surface area contributed by atoms with Crippen molar-refractivity contribution < 1.29 is 9.53 Å². The zero-order chi connectivity index (χ0) is 18.6. The summed E-state index contributed by atoms with van der Waals surface area (Å²) in [6.07, 6.45) is 3.99. The van der Waals surface area contributed by atoms with Gasteiger partial charge in [-0.3, -0.25) is 4.79 Å². The third-order valence-corrected chi connectivity index (χ3v) is 6.52. The van der Waals surface area contributed by atoms with E-state index in [9.17, 15) is 4.79 Å². The topological polar surface area (TPSA) is 83.1 Å². The van der Waals surface area contributed by atoms with Crippen molar-refractivity contribution in [1.29, 1.82) is 0 Å². The minimum atomic E-state index is -0.110. The smallest absolute Gasteiger partial charge is 0.271 e. The van der Waals surface area contributed by atoms with Crippen molar-refractivity contribution in [2.75, 3.05) is 24.5 Å². The van der Waals surface area contributed by atoms with Gasteiger partial charge in [0.15, 0.2) is 0 Å². The van der Waals surface area contributed by atoms with Crippen LogP contribution in [0.2, 0.25) is 0 Å². The second kappa shape index (κ2) is 6.05. The van der Waals surface area contributed by atoms with Crippen molar-refractivity contribution >= 4 is 11.7 Å². The van der Waals surface area contributed by atoms with Gasteiger partial charge in [-0.2, -0.15) is 0 Å². The van der Waals surface area contributed by atoms with Gasteiger partial charge in [-0.15, -0.1) is 0 Å². The van der Waals surface area contributed by atoms with E-state index < -0.39 is 0 Å². The van der Waals surface area contributed by atoms with E-state index in [-0.39, 0.29) is 17.6 Å². The summed E-state index contributed by atoms with van der Waals surface area (Å²) in [4.78, 5) is 26.6. The van der Waals surface area contributed by atoms with E-state index in [0.29, 0.717) is 24.1 Å². The number of rotatable bonds is 4. The fourth-order valence-corrected chi connectivity index (χ4v) is 5.22. The molecule has 1 amide bonds. The number of hydrogen-bond donors (Lipinski definition) is 2. The standard InChI is InChI=1S/C20H25N5O2/c1-12-4-3-5-17(24-12)25-9-15-14(16-6-7-20(15,10-25)27-16)8-21-19(26)18-13(2)22-11-23-18/h3-5,11,14-16H,6-10H2,1-2H3,(H,21,26)(H,22,23)/t14-,15+,16+,20+/m0/s1. The molecule has 0 aliphatic carbocycles. The lowest BCUT2D eigenvalue weighted by atomic mass is 9.73. The Hall–Kier alpha value is -2.41. The van der Waals surface area contributed by atoms with E-state index in [1.54, 1.807) is 6.33 Å². The molecule has 142 valence electrons. The number of imidazole rings is 1. The predicted molar refractivity (Wildman–Crippen MR) is 101 cm³/mol. The molecule has 3 aliphatic heterocycles. The average molecular weight is 367 g/mol. The number of hydrogen-bond acceptors (Lipinski definition) is 5. The highest BCUT2D eigenvalue weighted by Crippen LogP contribution is 2.55. The number of H-pyrrole nitrogens is 1. The van der Waals surface area contributed by atoms with E-state index in [0.717, 1.165) is 43.1 Å². The fraction of sp³-hybridized carbons (Fsp3) is 0.550. The lowest BCUT2D eigenvalue weighted by Gasteiger charge is -2.29. The molecule has 2 aromatic rings. The van der Waals surface area contributed by atoms with Crippen molar-refractivity contribution in [3.63, 3.8) is 0 Å². The summed E-state index contributed by atoms with van der Waals surface area (Å²) in [5.41, 5.74) is 2.23. The summed E-state index contributed by atoms with van der Waals surface area (Å²) in [6, 6.07) is 6.16. The number of aromatic amines is 1. The Bertz CT molecular complexity index is 881. The van der Waals surface area contributed by atoms with E-state index >= 15 is 0 Å². The van der Waals surface area contributed by atoms with Gasteiger partial charge in [-0.25, -0.2) is 9.97 Å². The Morgan fingerprint density at radius 3 is 3.11 bits per heavy atom. The van der Waals surface area contributed by atoms with Crippen LogP contribution in [0.1, 0.15) is 34.7 Å². The van der Waals surface area contributed by atoms with Gasteiger partial charge in [-0.1, -0.05) is 6.07 Å².